The fourth-order valence-corrected chi connectivity index (χ4v) is 3.31. The number of nitrogens with zero attached hydrogens (tertiary/aromatic N) is 2. The molecule has 1 N–H and O–H groups in total. The molecule has 0 spiro atoms. The van der Waals surface area contributed by atoms with E-state index < -0.39 is 0 Å². The molecule has 3 rings (SSSR count). The molecule has 1 aliphatic carbocycles. The first kappa shape index (κ1) is 13.1. The second-order valence-electron chi connectivity index (χ2n) is 6.15. The van der Waals surface area contributed by atoms with E-state index in [1.807, 2.05) is 0 Å². The lowest BCUT2D eigenvalue weighted by Crippen LogP contribution is -2.47. The normalized spacial score (nSPS) is 32.4. The third-order valence-electron chi connectivity index (χ3n) is 4.64. The summed E-state index contributed by atoms with van der Waals surface area (Å²) >= 11 is 0. The fourth-order valence-electron chi connectivity index (χ4n) is 3.31. The summed E-state index contributed by atoms with van der Waals surface area (Å²) in [6, 6.07) is 0.349. The molecule has 2 amide bonds. The minimum Gasteiger partial charge on any atom is -0.316 e. The second-order valence-corrected chi connectivity index (χ2v) is 6.15. The Labute approximate surface area is 114 Å². The zero-order valence-electron chi connectivity index (χ0n) is 11.6. The van der Waals surface area contributed by atoms with Crippen LogP contribution >= 0.6 is 0 Å². The highest BCUT2D eigenvalue weighted by Crippen LogP contribution is 2.33. The summed E-state index contributed by atoms with van der Waals surface area (Å²) in [4.78, 5) is 27.5. The average molecular weight is 265 g/mol. The van der Waals surface area contributed by atoms with Crippen LogP contribution < -0.4 is 5.32 Å². The number of carbonyl (C=O) groups is 2. The van der Waals surface area contributed by atoms with E-state index in [-0.39, 0.29) is 17.9 Å². The average Bonchev–Trinajstić information content (AvgIpc) is 3.22. The number of amides is 2. The van der Waals surface area contributed by atoms with Gasteiger partial charge in [-0.15, -0.1) is 0 Å². The predicted molar refractivity (Wildman–Crippen MR) is 71.5 cm³/mol. The molecule has 5 heteroatoms. The van der Waals surface area contributed by atoms with Gasteiger partial charge in [-0.2, -0.15) is 0 Å². The lowest BCUT2D eigenvalue weighted by molar-refractivity contribution is -0.138. The van der Waals surface area contributed by atoms with Gasteiger partial charge < -0.3 is 5.32 Å². The molecule has 2 aliphatic heterocycles. The summed E-state index contributed by atoms with van der Waals surface area (Å²) in [5, 5.41) is 3.43. The smallest absolute Gasteiger partial charge is 0.246 e. The van der Waals surface area contributed by atoms with Crippen LogP contribution in [0.5, 0.6) is 0 Å². The maximum absolute atomic E-state index is 12.2. The van der Waals surface area contributed by atoms with Gasteiger partial charge in [0.05, 0.1) is 12.5 Å². The van der Waals surface area contributed by atoms with Crippen LogP contribution in [0.25, 0.3) is 0 Å². The van der Waals surface area contributed by atoms with Crippen LogP contribution in [0, 0.1) is 5.92 Å². The van der Waals surface area contributed by atoms with Gasteiger partial charge in [0.25, 0.3) is 0 Å². The number of rotatable bonds is 4. The number of likely N-dealkylation sites (N-methyl/N-ethyl adjacent to an activating group) is 1. The van der Waals surface area contributed by atoms with Crippen molar-refractivity contribution in [3.63, 3.8) is 0 Å². The molecular formula is C14H23N3O2. The van der Waals surface area contributed by atoms with Gasteiger partial charge in [-0.3, -0.25) is 19.4 Å². The number of carbonyl (C=O) groups excluding carboxylic acids is 2. The zero-order chi connectivity index (χ0) is 13.4. The van der Waals surface area contributed by atoms with Crippen LogP contribution in [-0.2, 0) is 9.59 Å². The number of hydrogen-bond acceptors (Lipinski definition) is 4. The third-order valence-corrected chi connectivity index (χ3v) is 4.64. The minimum absolute atomic E-state index is 0.000619. The minimum atomic E-state index is -0.188. The lowest BCUT2D eigenvalue weighted by atomic mass is 9.98. The van der Waals surface area contributed by atoms with Gasteiger partial charge in [-0.25, -0.2) is 0 Å². The van der Waals surface area contributed by atoms with Gasteiger partial charge in [0.15, 0.2) is 0 Å². The van der Waals surface area contributed by atoms with Gasteiger partial charge in [0.1, 0.15) is 0 Å². The summed E-state index contributed by atoms with van der Waals surface area (Å²) in [6.45, 7) is 3.13. The first-order chi connectivity index (χ1) is 9.16. The molecule has 2 heterocycles. The molecule has 5 nitrogen and oxygen atoms in total. The van der Waals surface area contributed by atoms with Crippen molar-refractivity contribution in [1.82, 2.24) is 15.1 Å². The van der Waals surface area contributed by atoms with E-state index in [0.717, 1.165) is 19.6 Å². The summed E-state index contributed by atoms with van der Waals surface area (Å²) in [6.07, 6.45) is 5.21. The van der Waals surface area contributed by atoms with Crippen LogP contribution in [0.2, 0.25) is 0 Å². The number of piperidine rings is 1. The van der Waals surface area contributed by atoms with Gasteiger partial charge in [-0.05, 0) is 44.7 Å². The van der Waals surface area contributed by atoms with Crippen LogP contribution in [0.3, 0.4) is 0 Å². The van der Waals surface area contributed by atoms with Crippen LogP contribution in [0.15, 0.2) is 0 Å². The summed E-state index contributed by atoms with van der Waals surface area (Å²) in [5.74, 6) is 0.603. The Bertz CT molecular complexity index is 375. The molecule has 0 bridgehead atoms. The molecule has 3 fully saturated rings. The number of likely N-dealkylation sites (tertiary alicyclic amines) is 1. The molecule has 0 radical (unpaired) electrons. The number of nitrogens with one attached hydrogen (secondary N) is 1. The van der Waals surface area contributed by atoms with E-state index in [1.165, 1.54) is 30.6 Å². The SMILES string of the molecule is CN1C(=O)CC(N(CC2CCCNC2)C2CC2)C1=O. The Hall–Kier alpha value is -0.940. The Morgan fingerprint density at radius 2 is 2.11 bits per heavy atom. The van der Waals surface area contributed by atoms with E-state index >= 15 is 0 Å². The first-order valence-electron chi connectivity index (χ1n) is 7.43. The standard InChI is InChI=1S/C14H23N3O2/c1-16-13(18)7-12(14(16)19)17(11-4-5-11)9-10-3-2-6-15-8-10/h10-12,15H,2-9H2,1H3. The van der Waals surface area contributed by atoms with Gasteiger partial charge in [-0.1, -0.05) is 0 Å². The number of hydrogen-bond donors (Lipinski definition) is 1. The van der Waals surface area contributed by atoms with Crippen molar-refractivity contribution >= 4 is 11.8 Å². The molecule has 2 saturated heterocycles. The maximum Gasteiger partial charge on any atom is 0.246 e. The Kier molecular flexibility index (Phi) is 3.58. The summed E-state index contributed by atoms with van der Waals surface area (Å²) in [7, 11) is 1.61. The van der Waals surface area contributed by atoms with E-state index in [1.54, 1.807) is 7.05 Å². The molecule has 1 saturated carbocycles. The highest BCUT2D eigenvalue weighted by Gasteiger charge is 2.45. The van der Waals surface area contributed by atoms with E-state index in [0.29, 0.717) is 18.4 Å². The van der Waals surface area contributed by atoms with Gasteiger partial charge in [0, 0.05) is 19.6 Å². The van der Waals surface area contributed by atoms with Crippen molar-refractivity contribution in [1.29, 1.82) is 0 Å². The van der Waals surface area contributed by atoms with E-state index in [9.17, 15) is 9.59 Å². The van der Waals surface area contributed by atoms with Crippen LogP contribution in [0.1, 0.15) is 32.1 Å². The first-order valence-corrected chi connectivity index (χ1v) is 7.43. The number of imide groups is 1. The quantitative estimate of drug-likeness (QED) is 0.738. The van der Waals surface area contributed by atoms with Crippen molar-refractivity contribution in [2.45, 2.75) is 44.2 Å². The predicted octanol–water partition coefficient (Wildman–Crippen LogP) is 0.208. The van der Waals surface area contributed by atoms with E-state index in [2.05, 4.69) is 10.2 Å². The van der Waals surface area contributed by atoms with Crippen molar-refractivity contribution in [3.8, 4) is 0 Å². The molecule has 2 unspecified atom stereocenters. The third kappa shape index (κ3) is 2.67. The van der Waals surface area contributed by atoms with Crippen molar-refractivity contribution in [2.75, 3.05) is 26.7 Å². The van der Waals surface area contributed by atoms with Crippen molar-refractivity contribution in [3.05, 3.63) is 0 Å². The molecule has 0 aromatic carbocycles. The monoisotopic (exact) mass is 265 g/mol. The largest absolute Gasteiger partial charge is 0.316 e. The molecule has 2 atom stereocenters. The lowest BCUT2D eigenvalue weighted by Gasteiger charge is -2.33. The van der Waals surface area contributed by atoms with Crippen LogP contribution in [-0.4, -0.2) is 60.4 Å². The van der Waals surface area contributed by atoms with Gasteiger partial charge >= 0.3 is 0 Å². The maximum atomic E-state index is 12.2. The molecule has 0 aromatic heterocycles. The highest BCUT2D eigenvalue weighted by molar-refractivity contribution is 6.05. The van der Waals surface area contributed by atoms with Crippen LogP contribution in [0.4, 0.5) is 0 Å². The zero-order valence-corrected chi connectivity index (χ0v) is 11.6. The Morgan fingerprint density at radius 1 is 1.32 bits per heavy atom. The second kappa shape index (κ2) is 5.21. The topological polar surface area (TPSA) is 52.7 Å². The molecule has 19 heavy (non-hydrogen) atoms. The molecule has 0 aromatic rings. The Balaban J connectivity index is 1.67. The molecule has 3 aliphatic rings. The highest BCUT2D eigenvalue weighted by atomic mass is 16.2. The molecular weight excluding hydrogens is 242 g/mol. The van der Waals surface area contributed by atoms with E-state index in [4.69, 9.17) is 0 Å². The van der Waals surface area contributed by atoms with Gasteiger partial charge in [0.2, 0.25) is 11.8 Å². The van der Waals surface area contributed by atoms with Crippen molar-refractivity contribution < 1.29 is 9.59 Å². The fraction of sp³-hybridized carbons (Fsp3) is 0.857. The Morgan fingerprint density at radius 3 is 2.63 bits per heavy atom. The summed E-state index contributed by atoms with van der Waals surface area (Å²) < 4.78 is 0. The molecule has 106 valence electrons. The van der Waals surface area contributed by atoms with Crippen molar-refractivity contribution in [2.24, 2.45) is 5.92 Å². The summed E-state index contributed by atoms with van der Waals surface area (Å²) in [5.41, 5.74) is 0.